The zero-order valence-electron chi connectivity index (χ0n) is 13.4. The largest absolute Gasteiger partial charge is 0.356 e. The molecule has 0 aliphatic carbocycles. The topological polar surface area (TPSA) is 78.5 Å². The summed E-state index contributed by atoms with van der Waals surface area (Å²) in [5, 5.41) is 6.24. The van der Waals surface area contributed by atoms with Gasteiger partial charge in [0.05, 0.1) is 0 Å². The van der Waals surface area contributed by atoms with E-state index in [1.165, 1.54) is 4.90 Å². The maximum Gasteiger partial charge on any atom is 0.229 e. The number of nitrogens with zero attached hydrogens (tertiary/aromatic N) is 1. The van der Waals surface area contributed by atoms with E-state index in [-0.39, 0.29) is 17.7 Å². The van der Waals surface area contributed by atoms with Gasteiger partial charge in [-0.05, 0) is 44.2 Å². The fourth-order valence-electron chi connectivity index (χ4n) is 3.28. The molecule has 124 valence electrons. The molecule has 1 unspecified atom stereocenters. The zero-order valence-corrected chi connectivity index (χ0v) is 13.4. The lowest BCUT2D eigenvalue weighted by atomic mass is 9.84. The number of hydrogen-bond donors (Lipinski definition) is 2. The first-order chi connectivity index (χ1) is 10.6. The summed E-state index contributed by atoms with van der Waals surface area (Å²) in [6, 6.07) is 0. The fraction of sp³-hybridized carbons (Fsp3) is 0.812. The average Bonchev–Trinajstić information content (AvgIpc) is 2.83. The van der Waals surface area contributed by atoms with Crippen LogP contribution in [0, 0.1) is 11.8 Å². The van der Waals surface area contributed by atoms with Crippen LogP contribution in [0.25, 0.3) is 0 Å². The number of carbonyl (C=O) groups excluding carboxylic acids is 3. The zero-order chi connectivity index (χ0) is 15.9. The predicted molar refractivity (Wildman–Crippen MR) is 83.0 cm³/mol. The van der Waals surface area contributed by atoms with Crippen LogP contribution in [0.15, 0.2) is 0 Å². The molecule has 0 aromatic heterocycles. The third-order valence-electron chi connectivity index (χ3n) is 4.73. The lowest BCUT2D eigenvalue weighted by Gasteiger charge is -2.27. The molecule has 22 heavy (non-hydrogen) atoms. The molecule has 2 saturated heterocycles. The van der Waals surface area contributed by atoms with Crippen LogP contribution in [0.1, 0.15) is 45.4 Å². The highest BCUT2D eigenvalue weighted by Gasteiger charge is 2.28. The molecule has 1 atom stereocenters. The molecule has 6 nitrogen and oxygen atoms in total. The highest BCUT2D eigenvalue weighted by molar-refractivity contribution is 6.01. The fourth-order valence-corrected chi connectivity index (χ4v) is 3.28. The van der Waals surface area contributed by atoms with Crippen molar-refractivity contribution in [3.8, 4) is 0 Å². The molecule has 2 fully saturated rings. The van der Waals surface area contributed by atoms with Gasteiger partial charge >= 0.3 is 0 Å². The Hall–Kier alpha value is -1.43. The first kappa shape index (κ1) is 16.9. The van der Waals surface area contributed by atoms with Gasteiger partial charge in [0, 0.05) is 32.4 Å². The molecule has 0 aromatic carbocycles. The summed E-state index contributed by atoms with van der Waals surface area (Å²) in [7, 11) is 0. The molecule has 0 radical (unpaired) electrons. The smallest absolute Gasteiger partial charge is 0.229 e. The minimum absolute atomic E-state index is 0.0742. The van der Waals surface area contributed by atoms with Crippen molar-refractivity contribution in [3.05, 3.63) is 0 Å². The van der Waals surface area contributed by atoms with Crippen molar-refractivity contribution in [2.24, 2.45) is 11.8 Å². The molecular formula is C16H27N3O3. The van der Waals surface area contributed by atoms with Crippen LogP contribution in [0.2, 0.25) is 0 Å². The Morgan fingerprint density at radius 2 is 1.91 bits per heavy atom. The van der Waals surface area contributed by atoms with Gasteiger partial charge < -0.3 is 10.6 Å². The lowest BCUT2D eigenvalue weighted by Crippen LogP contribution is -2.35. The Kier molecular flexibility index (Phi) is 6.36. The van der Waals surface area contributed by atoms with Crippen molar-refractivity contribution in [3.63, 3.8) is 0 Å². The summed E-state index contributed by atoms with van der Waals surface area (Å²) in [6.07, 6.45) is 4.15. The molecule has 0 aromatic rings. The maximum atomic E-state index is 11.9. The number of amides is 3. The standard InChI is InChI=1S/C16H27N3O3/c1-12(13-5-8-17-9-6-13)11-14(20)18-7-2-10-19-15(21)3-4-16(19)22/h12-13,17H,2-11H2,1H3,(H,18,20). The SMILES string of the molecule is CC(CC(=O)NCCCN1C(=O)CCC1=O)C1CCNCC1. The summed E-state index contributed by atoms with van der Waals surface area (Å²) in [5.41, 5.74) is 0. The third kappa shape index (κ3) is 4.80. The first-order valence-electron chi connectivity index (χ1n) is 8.38. The summed E-state index contributed by atoms with van der Waals surface area (Å²) >= 11 is 0. The molecule has 0 saturated carbocycles. The Morgan fingerprint density at radius 1 is 1.27 bits per heavy atom. The van der Waals surface area contributed by atoms with E-state index in [0.29, 0.717) is 50.6 Å². The number of hydrogen-bond acceptors (Lipinski definition) is 4. The number of piperidine rings is 1. The van der Waals surface area contributed by atoms with Crippen molar-refractivity contribution >= 4 is 17.7 Å². The third-order valence-corrected chi connectivity index (χ3v) is 4.73. The van der Waals surface area contributed by atoms with Crippen molar-refractivity contribution in [1.29, 1.82) is 0 Å². The van der Waals surface area contributed by atoms with Crippen molar-refractivity contribution in [1.82, 2.24) is 15.5 Å². The summed E-state index contributed by atoms with van der Waals surface area (Å²) in [4.78, 5) is 36.1. The van der Waals surface area contributed by atoms with Crippen LogP contribution in [0.4, 0.5) is 0 Å². The Morgan fingerprint density at radius 3 is 2.55 bits per heavy atom. The molecule has 6 heteroatoms. The van der Waals surface area contributed by atoms with E-state index in [9.17, 15) is 14.4 Å². The van der Waals surface area contributed by atoms with E-state index in [1.54, 1.807) is 0 Å². The quantitative estimate of drug-likeness (QED) is 0.535. The molecule has 2 aliphatic rings. The van der Waals surface area contributed by atoms with Gasteiger partial charge in [-0.2, -0.15) is 0 Å². The van der Waals surface area contributed by atoms with Crippen LogP contribution in [-0.2, 0) is 14.4 Å². The van der Waals surface area contributed by atoms with Crippen LogP contribution in [0.3, 0.4) is 0 Å². The lowest BCUT2D eigenvalue weighted by molar-refractivity contribution is -0.138. The van der Waals surface area contributed by atoms with Gasteiger partial charge in [-0.1, -0.05) is 6.92 Å². The second kappa shape index (κ2) is 8.27. The van der Waals surface area contributed by atoms with E-state index in [0.717, 1.165) is 25.9 Å². The van der Waals surface area contributed by atoms with Gasteiger partial charge in [-0.3, -0.25) is 19.3 Å². The van der Waals surface area contributed by atoms with E-state index in [2.05, 4.69) is 17.6 Å². The highest BCUT2D eigenvalue weighted by Crippen LogP contribution is 2.24. The Bertz CT molecular complexity index is 403. The molecule has 2 aliphatic heterocycles. The monoisotopic (exact) mass is 309 g/mol. The number of likely N-dealkylation sites (tertiary alicyclic amines) is 1. The van der Waals surface area contributed by atoms with E-state index < -0.39 is 0 Å². The first-order valence-corrected chi connectivity index (χ1v) is 8.38. The van der Waals surface area contributed by atoms with Crippen molar-refractivity contribution in [2.45, 2.75) is 45.4 Å². The van der Waals surface area contributed by atoms with Gasteiger partial charge in [0.2, 0.25) is 17.7 Å². The molecule has 0 bridgehead atoms. The van der Waals surface area contributed by atoms with Gasteiger partial charge in [0.1, 0.15) is 0 Å². The number of rotatable bonds is 7. The summed E-state index contributed by atoms with van der Waals surface area (Å²) in [6.45, 7) is 5.19. The van der Waals surface area contributed by atoms with Gasteiger partial charge in [0.15, 0.2) is 0 Å². The van der Waals surface area contributed by atoms with Crippen molar-refractivity contribution in [2.75, 3.05) is 26.2 Å². The highest BCUT2D eigenvalue weighted by atomic mass is 16.2. The normalized spacial score (nSPS) is 21.2. The van der Waals surface area contributed by atoms with E-state index in [1.807, 2.05) is 0 Å². The molecule has 3 amide bonds. The van der Waals surface area contributed by atoms with Crippen LogP contribution < -0.4 is 10.6 Å². The van der Waals surface area contributed by atoms with Crippen LogP contribution in [0.5, 0.6) is 0 Å². The molecule has 2 N–H and O–H groups in total. The molecule has 2 heterocycles. The van der Waals surface area contributed by atoms with E-state index in [4.69, 9.17) is 0 Å². The summed E-state index contributed by atoms with van der Waals surface area (Å²) in [5.74, 6) is 0.938. The molecule has 0 spiro atoms. The minimum atomic E-state index is -0.0872. The second-order valence-electron chi connectivity index (χ2n) is 6.41. The molecule has 2 rings (SSSR count). The number of nitrogens with one attached hydrogen (secondary N) is 2. The van der Waals surface area contributed by atoms with Crippen molar-refractivity contribution < 1.29 is 14.4 Å². The van der Waals surface area contributed by atoms with E-state index >= 15 is 0 Å². The molecular weight excluding hydrogens is 282 g/mol. The summed E-state index contributed by atoms with van der Waals surface area (Å²) < 4.78 is 0. The Balaban J connectivity index is 1.59. The number of carbonyl (C=O) groups is 3. The van der Waals surface area contributed by atoms with Gasteiger partial charge in [-0.25, -0.2) is 0 Å². The average molecular weight is 309 g/mol. The van der Waals surface area contributed by atoms with Gasteiger partial charge in [-0.15, -0.1) is 0 Å². The van der Waals surface area contributed by atoms with Gasteiger partial charge in [0.25, 0.3) is 0 Å². The Labute approximate surface area is 132 Å². The minimum Gasteiger partial charge on any atom is -0.356 e. The predicted octanol–water partition coefficient (Wildman–Crippen LogP) is 0.668. The maximum absolute atomic E-state index is 11.9. The number of imide groups is 1. The van der Waals surface area contributed by atoms with Crippen LogP contribution >= 0.6 is 0 Å². The second-order valence-corrected chi connectivity index (χ2v) is 6.41. The van der Waals surface area contributed by atoms with Crippen LogP contribution in [-0.4, -0.2) is 48.8 Å².